The Hall–Kier alpha value is -0.930. The Labute approximate surface area is 116 Å². The second-order valence-corrected chi connectivity index (χ2v) is 5.82. The van der Waals surface area contributed by atoms with E-state index in [0.29, 0.717) is 15.7 Å². The lowest BCUT2D eigenvalue weighted by molar-refractivity contribution is 0.209. The maximum Gasteiger partial charge on any atom is 0.319 e. The molecule has 1 aromatic carbocycles. The zero-order valence-electron chi connectivity index (χ0n) is 9.85. The Morgan fingerprint density at radius 2 is 1.72 bits per heavy atom. The molecule has 3 rings (SSSR count). The van der Waals surface area contributed by atoms with E-state index in [4.69, 9.17) is 23.2 Å². The summed E-state index contributed by atoms with van der Waals surface area (Å²) in [6.45, 7) is 0. The minimum Gasteiger partial charge on any atom is -0.328 e. The van der Waals surface area contributed by atoms with Crippen LogP contribution in [0.5, 0.6) is 0 Å². The molecular weight excluding hydrogens is 271 g/mol. The summed E-state index contributed by atoms with van der Waals surface area (Å²) < 4.78 is 0. The summed E-state index contributed by atoms with van der Waals surface area (Å²) in [5.41, 5.74) is 1.29. The minimum atomic E-state index is -0.335. The van der Waals surface area contributed by atoms with Crippen molar-refractivity contribution >= 4 is 34.9 Å². The van der Waals surface area contributed by atoms with Crippen LogP contribution < -0.4 is 10.6 Å². The Morgan fingerprint density at radius 1 is 1.06 bits per heavy atom. The lowest BCUT2D eigenvalue weighted by Crippen LogP contribution is -2.52. The van der Waals surface area contributed by atoms with Crippen LogP contribution in [0.3, 0.4) is 0 Å². The zero-order chi connectivity index (χ0) is 12.8. The van der Waals surface area contributed by atoms with Gasteiger partial charge in [0.05, 0.1) is 16.2 Å². The fourth-order valence-electron chi connectivity index (χ4n) is 3.10. The van der Waals surface area contributed by atoms with Crippen LogP contribution in [0.4, 0.5) is 10.5 Å². The molecule has 0 aromatic heterocycles. The Bertz CT molecular complexity index is 510. The van der Waals surface area contributed by atoms with E-state index < -0.39 is 0 Å². The number of fused-ring (bicyclic) bond motifs is 2. The number of halogens is 2. The average Bonchev–Trinajstić information content (AvgIpc) is 2.34. The van der Waals surface area contributed by atoms with Crippen molar-refractivity contribution in [3.8, 4) is 0 Å². The average molecular weight is 285 g/mol. The summed E-state index contributed by atoms with van der Waals surface area (Å²) in [4.78, 5) is 11.8. The van der Waals surface area contributed by atoms with Gasteiger partial charge in [-0.05, 0) is 25.0 Å². The van der Waals surface area contributed by atoms with Crippen molar-refractivity contribution in [3.05, 3.63) is 27.7 Å². The van der Waals surface area contributed by atoms with Gasteiger partial charge in [-0.3, -0.25) is 0 Å². The number of hydrogen-bond donors (Lipinski definition) is 2. The van der Waals surface area contributed by atoms with Crippen LogP contribution in [0.2, 0.25) is 10.0 Å². The van der Waals surface area contributed by atoms with Crippen molar-refractivity contribution < 1.29 is 4.79 Å². The van der Waals surface area contributed by atoms with E-state index >= 15 is 0 Å². The third-order valence-corrected chi connectivity index (χ3v) is 4.51. The van der Waals surface area contributed by atoms with Crippen molar-refractivity contribution in [2.24, 2.45) is 0 Å². The molecule has 1 aliphatic carbocycles. The highest BCUT2D eigenvalue weighted by Gasteiger charge is 2.42. The Morgan fingerprint density at radius 3 is 2.44 bits per heavy atom. The van der Waals surface area contributed by atoms with Gasteiger partial charge in [0.25, 0.3) is 0 Å². The van der Waals surface area contributed by atoms with Gasteiger partial charge < -0.3 is 10.6 Å². The van der Waals surface area contributed by atoms with Gasteiger partial charge in [0, 0.05) is 10.6 Å². The molecule has 0 radical (unpaired) electrons. The number of benzene rings is 1. The fraction of sp³-hybridized carbons (Fsp3) is 0.462. The van der Waals surface area contributed by atoms with Gasteiger partial charge in [0.2, 0.25) is 0 Å². The van der Waals surface area contributed by atoms with Crippen LogP contribution in [0.25, 0.3) is 0 Å². The molecule has 1 saturated carbocycles. The molecule has 0 unspecified atom stereocenters. The van der Waals surface area contributed by atoms with Crippen molar-refractivity contribution in [1.82, 2.24) is 5.32 Å². The van der Waals surface area contributed by atoms with Crippen LogP contribution >= 0.6 is 23.2 Å². The fourth-order valence-corrected chi connectivity index (χ4v) is 3.64. The standard InChI is InChI=1S/C13H14Cl2N2O/c14-8-4-5-9(15)11-10(8)13(17-12(18)16-11)6-2-1-3-7-13/h4-5H,1-3,6-7H2,(H2,16,17,18). The van der Waals surface area contributed by atoms with Gasteiger partial charge in [-0.15, -0.1) is 0 Å². The third kappa shape index (κ3) is 1.77. The number of nitrogens with one attached hydrogen (secondary N) is 2. The topological polar surface area (TPSA) is 41.1 Å². The minimum absolute atomic E-state index is 0.187. The van der Waals surface area contributed by atoms with E-state index in [2.05, 4.69) is 10.6 Å². The number of urea groups is 1. The molecule has 1 fully saturated rings. The van der Waals surface area contributed by atoms with E-state index in [1.165, 1.54) is 6.42 Å². The summed E-state index contributed by atoms with van der Waals surface area (Å²) in [7, 11) is 0. The van der Waals surface area contributed by atoms with Crippen molar-refractivity contribution in [2.45, 2.75) is 37.6 Å². The lowest BCUT2D eigenvalue weighted by Gasteiger charge is -2.43. The quantitative estimate of drug-likeness (QED) is 0.733. The molecule has 1 aliphatic heterocycles. The van der Waals surface area contributed by atoms with Crippen LogP contribution in [0, 0.1) is 0 Å². The van der Waals surface area contributed by atoms with Gasteiger partial charge in [-0.2, -0.15) is 0 Å². The normalized spacial score (nSPS) is 21.1. The summed E-state index contributed by atoms with van der Waals surface area (Å²) in [6, 6.07) is 3.34. The maximum absolute atomic E-state index is 11.8. The molecular formula is C13H14Cl2N2O. The number of carbonyl (C=O) groups excluding carboxylic acids is 1. The van der Waals surface area contributed by atoms with Gasteiger partial charge in [0.1, 0.15) is 0 Å². The van der Waals surface area contributed by atoms with Crippen LogP contribution in [-0.2, 0) is 5.54 Å². The molecule has 1 spiro atoms. The highest BCUT2D eigenvalue weighted by molar-refractivity contribution is 6.36. The van der Waals surface area contributed by atoms with Gasteiger partial charge in [0.15, 0.2) is 0 Å². The first kappa shape index (κ1) is 12.1. The van der Waals surface area contributed by atoms with Gasteiger partial charge in [-0.1, -0.05) is 42.5 Å². The van der Waals surface area contributed by atoms with E-state index in [1.54, 1.807) is 12.1 Å². The van der Waals surface area contributed by atoms with E-state index in [-0.39, 0.29) is 11.6 Å². The molecule has 0 atom stereocenters. The highest BCUT2D eigenvalue weighted by Crippen LogP contribution is 2.47. The Balaban J connectivity index is 2.20. The molecule has 1 aromatic rings. The van der Waals surface area contributed by atoms with Gasteiger partial charge >= 0.3 is 6.03 Å². The summed E-state index contributed by atoms with van der Waals surface area (Å²) in [5, 5.41) is 7.06. The maximum atomic E-state index is 11.8. The van der Waals surface area contributed by atoms with E-state index in [1.807, 2.05) is 0 Å². The second-order valence-electron chi connectivity index (χ2n) is 5.00. The van der Waals surface area contributed by atoms with Crippen molar-refractivity contribution in [2.75, 3.05) is 5.32 Å². The first-order chi connectivity index (χ1) is 8.62. The first-order valence-corrected chi connectivity index (χ1v) is 6.96. The molecule has 0 bridgehead atoms. The smallest absolute Gasteiger partial charge is 0.319 e. The van der Waals surface area contributed by atoms with E-state index in [9.17, 15) is 4.79 Å². The van der Waals surface area contributed by atoms with E-state index in [0.717, 1.165) is 31.2 Å². The monoisotopic (exact) mass is 284 g/mol. The molecule has 3 nitrogen and oxygen atoms in total. The lowest BCUT2D eigenvalue weighted by atomic mass is 9.75. The number of carbonyl (C=O) groups is 1. The van der Waals surface area contributed by atoms with Crippen LogP contribution in [-0.4, -0.2) is 6.03 Å². The zero-order valence-corrected chi connectivity index (χ0v) is 11.4. The first-order valence-electron chi connectivity index (χ1n) is 6.20. The molecule has 5 heteroatoms. The SMILES string of the molecule is O=C1Nc2c(Cl)ccc(Cl)c2C2(CCCCC2)N1. The molecule has 2 amide bonds. The predicted octanol–water partition coefficient (Wildman–Crippen LogP) is 4.29. The number of anilines is 1. The van der Waals surface area contributed by atoms with Crippen LogP contribution in [0.1, 0.15) is 37.7 Å². The largest absolute Gasteiger partial charge is 0.328 e. The molecule has 1 heterocycles. The number of hydrogen-bond acceptors (Lipinski definition) is 1. The molecule has 0 saturated heterocycles. The summed E-state index contributed by atoms with van der Waals surface area (Å²) in [6.07, 6.45) is 5.25. The molecule has 2 aliphatic rings. The number of amides is 2. The van der Waals surface area contributed by atoms with Crippen LogP contribution in [0.15, 0.2) is 12.1 Å². The predicted molar refractivity (Wildman–Crippen MR) is 73.4 cm³/mol. The summed E-state index contributed by atoms with van der Waals surface area (Å²) in [5.74, 6) is 0. The third-order valence-electron chi connectivity index (χ3n) is 3.88. The Kier molecular flexibility index (Phi) is 2.91. The van der Waals surface area contributed by atoms with Crippen molar-refractivity contribution in [3.63, 3.8) is 0 Å². The second kappa shape index (κ2) is 4.32. The molecule has 2 N–H and O–H groups in total. The molecule has 96 valence electrons. The highest BCUT2D eigenvalue weighted by atomic mass is 35.5. The van der Waals surface area contributed by atoms with Crippen molar-refractivity contribution in [1.29, 1.82) is 0 Å². The molecule has 18 heavy (non-hydrogen) atoms. The van der Waals surface area contributed by atoms with Gasteiger partial charge in [-0.25, -0.2) is 4.79 Å². The summed E-state index contributed by atoms with van der Waals surface area (Å²) >= 11 is 12.5. The number of rotatable bonds is 0.